The highest BCUT2D eigenvalue weighted by atomic mass is 16.5. The number of amides is 2. The molecule has 0 aliphatic carbocycles. The third-order valence-electron chi connectivity index (χ3n) is 5.70. The van der Waals surface area contributed by atoms with Crippen LogP contribution >= 0.6 is 0 Å². The third kappa shape index (κ3) is 3.88. The number of hydrogen-bond donors (Lipinski definition) is 0. The lowest BCUT2D eigenvalue weighted by atomic mass is 9.97. The second-order valence-electron chi connectivity index (χ2n) is 7.80. The van der Waals surface area contributed by atoms with Crippen molar-refractivity contribution in [2.75, 3.05) is 24.5 Å². The summed E-state index contributed by atoms with van der Waals surface area (Å²) >= 11 is 0. The molecule has 0 spiro atoms. The van der Waals surface area contributed by atoms with Crippen LogP contribution in [0.1, 0.15) is 26.2 Å². The highest BCUT2D eigenvalue weighted by molar-refractivity contribution is 6.01. The fraction of sp³-hybridized carbons (Fsp3) is 0.391. The number of benzene rings is 2. The summed E-state index contributed by atoms with van der Waals surface area (Å²) in [7, 11) is 0. The molecule has 0 radical (unpaired) electrons. The Labute approximate surface area is 165 Å². The molecule has 2 aliphatic rings. The smallest absolute Gasteiger partial charge is 0.228 e. The molecular formula is C23H26N2O3. The van der Waals surface area contributed by atoms with E-state index in [4.69, 9.17) is 4.74 Å². The number of carbonyl (C=O) groups is 2. The standard InChI is InChI=1S/C23H26N2O3/c1-17-11-13-24(14-12-17)23(27)18-15-22(26)25(16-18)20-9-5-6-10-21(20)28-19-7-3-2-4-8-19/h2-10,17-18H,11-16H2,1H3. The SMILES string of the molecule is CC1CCN(C(=O)C2CC(=O)N(c3ccccc3Oc3ccccc3)C2)CC1. The molecule has 2 saturated heterocycles. The van der Waals surface area contributed by atoms with Gasteiger partial charge in [-0.3, -0.25) is 9.59 Å². The maximum absolute atomic E-state index is 12.9. The second-order valence-corrected chi connectivity index (χ2v) is 7.80. The Kier molecular flexibility index (Phi) is 5.33. The molecule has 2 fully saturated rings. The highest BCUT2D eigenvalue weighted by Crippen LogP contribution is 2.36. The fourth-order valence-corrected chi connectivity index (χ4v) is 3.97. The molecule has 0 bridgehead atoms. The maximum atomic E-state index is 12.9. The van der Waals surface area contributed by atoms with Gasteiger partial charge in [-0.25, -0.2) is 0 Å². The summed E-state index contributed by atoms with van der Waals surface area (Å²) in [6.45, 7) is 4.25. The van der Waals surface area contributed by atoms with Crippen LogP contribution in [0.5, 0.6) is 11.5 Å². The van der Waals surface area contributed by atoms with E-state index < -0.39 is 0 Å². The van der Waals surface area contributed by atoms with Crippen molar-refractivity contribution in [3.63, 3.8) is 0 Å². The molecule has 0 N–H and O–H groups in total. The van der Waals surface area contributed by atoms with Crippen LogP contribution in [-0.2, 0) is 9.59 Å². The number of rotatable bonds is 4. The van der Waals surface area contributed by atoms with E-state index in [9.17, 15) is 9.59 Å². The lowest BCUT2D eigenvalue weighted by Crippen LogP contribution is -2.42. The minimum Gasteiger partial charge on any atom is -0.455 e. The molecule has 4 rings (SSSR count). The normalized spacial score (nSPS) is 20.5. The van der Waals surface area contributed by atoms with Crippen LogP contribution in [-0.4, -0.2) is 36.3 Å². The first kappa shape index (κ1) is 18.5. The number of nitrogens with zero attached hydrogens (tertiary/aromatic N) is 2. The minimum atomic E-state index is -0.273. The van der Waals surface area contributed by atoms with Crippen molar-refractivity contribution in [3.8, 4) is 11.5 Å². The molecule has 2 aromatic rings. The summed E-state index contributed by atoms with van der Waals surface area (Å²) in [5, 5.41) is 0. The predicted molar refractivity (Wildman–Crippen MR) is 108 cm³/mol. The van der Waals surface area contributed by atoms with Gasteiger partial charge in [0, 0.05) is 26.1 Å². The van der Waals surface area contributed by atoms with Crippen molar-refractivity contribution in [1.29, 1.82) is 0 Å². The Morgan fingerprint density at radius 1 is 1.00 bits per heavy atom. The first-order chi connectivity index (χ1) is 13.6. The van der Waals surface area contributed by atoms with E-state index in [0.717, 1.165) is 37.4 Å². The largest absolute Gasteiger partial charge is 0.455 e. The van der Waals surface area contributed by atoms with E-state index in [1.807, 2.05) is 59.5 Å². The average molecular weight is 378 g/mol. The van der Waals surface area contributed by atoms with E-state index in [0.29, 0.717) is 18.2 Å². The molecule has 0 aromatic heterocycles. The van der Waals surface area contributed by atoms with Gasteiger partial charge in [-0.2, -0.15) is 0 Å². The Bertz CT molecular complexity index is 844. The Balaban J connectivity index is 1.49. The van der Waals surface area contributed by atoms with Gasteiger partial charge < -0.3 is 14.5 Å². The van der Waals surface area contributed by atoms with Crippen LogP contribution in [0.2, 0.25) is 0 Å². The second kappa shape index (κ2) is 8.05. The summed E-state index contributed by atoms with van der Waals surface area (Å²) in [6.07, 6.45) is 2.36. The van der Waals surface area contributed by atoms with Gasteiger partial charge in [-0.15, -0.1) is 0 Å². The zero-order valence-electron chi connectivity index (χ0n) is 16.2. The Hall–Kier alpha value is -2.82. The molecule has 1 atom stereocenters. The number of hydrogen-bond acceptors (Lipinski definition) is 3. The number of anilines is 1. The summed E-state index contributed by atoms with van der Waals surface area (Å²) in [5.41, 5.74) is 0.721. The van der Waals surface area contributed by atoms with Crippen molar-refractivity contribution in [1.82, 2.24) is 4.90 Å². The zero-order chi connectivity index (χ0) is 19.5. The highest BCUT2D eigenvalue weighted by Gasteiger charge is 2.38. The molecule has 0 saturated carbocycles. The fourth-order valence-electron chi connectivity index (χ4n) is 3.97. The van der Waals surface area contributed by atoms with Crippen LogP contribution in [0, 0.1) is 11.8 Å². The zero-order valence-corrected chi connectivity index (χ0v) is 16.2. The van der Waals surface area contributed by atoms with Gasteiger partial charge in [0.1, 0.15) is 5.75 Å². The van der Waals surface area contributed by atoms with Crippen molar-refractivity contribution < 1.29 is 14.3 Å². The van der Waals surface area contributed by atoms with Crippen molar-refractivity contribution in [2.45, 2.75) is 26.2 Å². The van der Waals surface area contributed by atoms with Gasteiger partial charge in [-0.05, 0) is 43.0 Å². The van der Waals surface area contributed by atoms with E-state index >= 15 is 0 Å². The van der Waals surface area contributed by atoms with Crippen molar-refractivity contribution >= 4 is 17.5 Å². The van der Waals surface area contributed by atoms with Crippen molar-refractivity contribution in [2.24, 2.45) is 11.8 Å². The number of carbonyl (C=O) groups excluding carboxylic acids is 2. The molecule has 2 amide bonds. The molecule has 2 heterocycles. The third-order valence-corrected chi connectivity index (χ3v) is 5.70. The number of likely N-dealkylation sites (tertiary alicyclic amines) is 1. The lowest BCUT2D eigenvalue weighted by Gasteiger charge is -2.32. The molecule has 28 heavy (non-hydrogen) atoms. The van der Waals surface area contributed by atoms with E-state index in [2.05, 4.69) is 6.92 Å². The van der Waals surface area contributed by atoms with E-state index in [1.54, 1.807) is 4.90 Å². The Morgan fingerprint density at radius 3 is 2.43 bits per heavy atom. The van der Waals surface area contributed by atoms with Crippen LogP contribution in [0.4, 0.5) is 5.69 Å². The van der Waals surface area contributed by atoms with Gasteiger partial charge in [0.05, 0.1) is 11.6 Å². The Morgan fingerprint density at radius 2 is 1.68 bits per heavy atom. The molecule has 2 aromatic carbocycles. The monoisotopic (exact) mass is 378 g/mol. The predicted octanol–water partition coefficient (Wildman–Crippen LogP) is 4.09. The lowest BCUT2D eigenvalue weighted by molar-refractivity contribution is -0.137. The van der Waals surface area contributed by atoms with Crippen LogP contribution in [0.25, 0.3) is 0 Å². The molecule has 5 nitrogen and oxygen atoms in total. The maximum Gasteiger partial charge on any atom is 0.228 e. The van der Waals surface area contributed by atoms with Gasteiger partial charge >= 0.3 is 0 Å². The molecule has 5 heteroatoms. The van der Waals surface area contributed by atoms with Crippen LogP contribution in [0.3, 0.4) is 0 Å². The molecule has 2 aliphatic heterocycles. The van der Waals surface area contributed by atoms with Gasteiger partial charge in [-0.1, -0.05) is 37.3 Å². The summed E-state index contributed by atoms with van der Waals surface area (Å²) in [4.78, 5) is 29.3. The van der Waals surface area contributed by atoms with Crippen molar-refractivity contribution in [3.05, 3.63) is 54.6 Å². The molecule has 1 unspecified atom stereocenters. The average Bonchev–Trinajstić information content (AvgIpc) is 3.11. The quantitative estimate of drug-likeness (QED) is 0.805. The van der Waals surface area contributed by atoms with Crippen LogP contribution in [0.15, 0.2) is 54.6 Å². The van der Waals surface area contributed by atoms with Gasteiger partial charge in [0.25, 0.3) is 0 Å². The number of para-hydroxylation sites is 3. The summed E-state index contributed by atoms with van der Waals surface area (Å²) < 4.78 is 6.00. The molecular weight excluding hydrogens is 352 g/mol. The van der Waals surface area contributed by atoms with E-state index in [1.165, 1.54) is 0 Å². The first-order valence-corrected chi connectivity index (χ1v) is 10.0. The van der Waals surface area contributed by atoms with Crippen LogP contribution < -0.4 is 9.64 Å². The topological polar surface area (TPSA) is 49.9 Å². The number of piperidine rings is 1. The van der Waals surface area contributed by atoms with E-state index in [-0.39, 0.29) is 24.2 Å². The first-order valence-electron chi connectivity index (χ1n) is 10.0. The van der Waals surface area contributed by atoms with Gasteiger partial charge in [0.2, 0.25) is 11.8 Å². The summed E-state index contributed by atoms with van der Waals surface area (Å²) in [6, 6.07) is 17.0. The summed E-state index contributed by atoms with van der Waals surface area (Å²) in [5.74, 6) is 1.84. The number of ether oxygens (including phenoxy) is 1. The molecule has 146 valence electrons. The van der Waals surface area contributed by atoms with Gasteiger partial charge in [0.15, 0.2) is 5.75 Å². The minimum absolute atomic E-state index is 0.0205.